The van der Waals surface area contributed by atoms with Crippen molar-refractivity contribution < 1.29 is 41.8 Å². The number of amides is 3. The molecule has 13 heteroatoms. The molecule has 0 spiro atoms. The Morgan fingerprint density at radius 2 is 1.43 bits per heavy atom. The van der Waals surface area contributed by atoms with Gasteiger partial charge < -0.3 is 30.2 Å². The van der Waals surface area contributed by atoms with Crippen LogP contribution in [-0.4, -0.2) is 44.3 Å². The maximum absolute atomic E-state index is 13.7. The zero-order valence-electron chi connectivity index (χ0n) is 27.0. The van der Waals surface area contributed by atoms with Gasteiger partial charge in [-0.25, -0.2) is 0 Å². The molecule has 1 atom stereocenters. The van der Waals surface area contributed by atoms with Gasteiger partial charge in [-0.1, -0.05) is 37.3 Å². The smallest absolute Gasteiger partial charge is 0.416 e. The number of halogens is 3. The zero-order chi connectivity index (χ0) is 35.6. The van der Waals surface area contributed by atoms with Crippen LogP contribution in [0.3, 0.4) is 0 Å². The standard InChI is InChI=1S/C36H34F3N3O6S/c1-5-31(35(45)41-25-14-9-13-24(20-25)36(37,38)39)49-27-16-10-15-26(21-27)40-34(44)28(42-33(43)23-11-7-6-8-12-23)17-22-18-29(46-2)32(48-4)30(19-22)47-3/h6-21,31H,5H2,1-4H3,(H,40,44)(H,41,45)(H,42,43)/b28-17+. The number of nitrogens with one attached hydrogen (secondary N) is 3. The molecule has 0 saturated heterocycles. The van der Waals surface area contributed by atoms with E-state index in [2.05, 4.69) is 16.0 Å². The van der Waals surface area contributed by atoms with Gasteiger partial charge in [-0.2, -0.15) is 13.2 Å². The summed E-state index contributed by atoms with van der Waals surface area (Å²) in [6, 6.07) is 22.8. The van der Waals surface area contributed by atoms with E-state index in [-0.39, 0.29) is 11.4 Å². The first-order chi connectivity index (χ1) is 23.4. The number of rotatable bonds is 13. The molecule has 9 nitrogen and oxygen atoms in total. The summed E-state index contributed by atoms with van der Waals surface area (Å²) in [5.74, 6) is -0.597. The van der Waals surface area contributed by atoms with Crippen LogP contribution in [0.5, 0.6) is 17.2 Å². The first kappa shape index (κ1) is 36.4. The first-order valence-electron chi connectivity index (χ1n) is 14.9. The lowest BCUT2D eigenvalue weighted by molar-refractivity contribution is -0.137. The summed E-state index contributed by atoms with van der Waals surface area (Å²) >= 11 is 1.19. The van der Waals surface area contributed by atoms with Gasteiger partial charge in [-0.3, -0.25) is 14.4 Å². The highest BCUT2D eigenvalue weighted by Gasteiger charge is 2.31. The fourth-order valence-electron chi connectivity index (χ4n) is 4.62. The zero-order valence-corrected chi connectivity index (χ0v) is 27.8. The summed E-state index contributed by atoms with van der Waals surface area (Å²) in [6.07, 6.45) is -2.71. The number of anilines is 2. The van der Waals surface area contributed by atoms with Crippen LogP contribution < -0.4 is 30.2 Å². The average molecular weight is 694 g/mol. The lowest BCUT2D eigenvalue weighted by Gasteiger charge is -2.17. The molecule has 0 aliphatic heterocycles. The number of alkyl halides is 3. The first-order valence-corrected chi connectivity index (χ1v) is 15.8. The summed E-state index contributed by atoms with van der Waals surface area (Å²) in [7, 11) is 4.38. The minimum absolute atomic E-state index is 0.0313. The molecule has 4 rings (SSSR count). The molecular formula is C36H34F3N3O6S. The molecule has 0 saturated carbocycles. The lowest BCUT2D eigenvalue weighted by atomic mass is 10.1. The van der Waals surface area contributed by atoms with Crippen molar-refractivity contribution in [1.29, 1.82) is 0 Å². The molecule has 0 aliphatic carbocycles. The molecule has 0 heterocycles. The van der Waals surface area contributed by atoms with E-state index in [1.165, 1.54) is 51.3 Å². The largest absolute Gasteiger partial charge is 0.493 e. The Kier molecular flexibility index (Phi) is 12.3. The van der Waals surface area contributed by atoms with Gasteiger partial charge in [0.15, 0.2) is 11.5 Å². The van der Waals surface area contributed by atoms with Gasteiger partial charge in [0, 0.05) is 21.8 Å². The van der Waals surface area contributed by atoms with Crippen molar-refractivity contribution in [3.05, 3.63) is 113 Å². The van der Waals surface area contributed by atoms with Gasteiger partial charge in [0.05, 0.1) is 32.1 Å². The second-order valence-electron chi connectivity index (χ2n) is 10.4. The van der Waals surface area contributed by atoms with Crippen LogP contribution >= 0.6 is 11.8 Å². The number of hydrogen-bond acceptors (Lipinski definition) is 7. The molecule has 0 aromatic heterocycles. The number of ether oxygens (including phenoxy) is 3. The van der Waals surface area contributed by atoms with E-state index in [1.807, 2.05) is 0 Å². The van der Waals surface area contributed by atoms with Crippen molar-refractivity contribution >= 4 is 46.9 Å². The molecule has 4 aromatic rings. The number of methoxy groups -OCH3 is 3. The molecular weight excluding hydrogens is 659 g/mol. The Bertz CT molecular complexity index is 1810. The Morgan fingerprint density at radius 1 is 0.796 bits per heavy atom. The number of thioether (sulfide) groups is 1. The Morgan fingerprint density at radius 3 is 2.02 bits per heavy atom. The normalized spacial score (nSPS) is 12.0. The lowest BCUT2D eigenvalue weighted by Crippen LogP contribution is -2.30. The molecule has 1 unspecified atom stereocenters. The van der Waals surface area contributed by atoms with Crippen LogP contribution in [0.4, 0.5) is 24.5 Å². The summed E-state index contributed by atoms with van der Waals surface area (Å²) in [5.41, 5.74) is 0.242. The minimum Gasteiger partial charge on any atom is -0.493 e. The molecule has 0 fully saturated rings. The quantitative estimate of drug-likeness (QED) is 0.0974. The highest BCUT2D eigenvalue weighted by molar-refractivity contribution is 8.00. The van der Waals surface area contributed by atoms with Gasteiger partial charge in [0.25, 0.3) is 11.8 Å². The summed E-state index contributed by atoms with van der Waals surface area (Å²) < 4.78 is 55.7. The van der Waals surface area contributed by atoms with E-state index in [1.54, 1.807) is 73.7 Å². The number of benzene rings is 4. The third-order valence-corrected chi connectivity index (χ3v) is 8.38. The van der Waals surface area contributed by atoms with Gasteiger partial charge in [0.1, 0.15) is 5.70 Å². The molecule has 4 aromatic carbocycles. The van der Waals surface area contributed by atoms with E-state index in [0.717, 1.165) is 12.1 Å². The molecule has 3 amide bonds. The number of carbonyl (C=O) groups excluding carboxylic acids is 3. The average Bonchev–Trinajstić information content (AvgIpc) is 3.09. The Balaban J connectivity index is 1.57. The van der Waals surface area contributed by atoms with Crippen LogP contribution in [0.25, 0.3) is 6.08 Å². The van der Waals surface area contributed by atoms with Crippen molar-refractivity contribution in [2.75, 3.05) is 32.0 Å². The van der Waals surface area contributed by atoms with Crippen molar-refractivity contribution in [2.45, 2.75) is 29.7 Å². The maximum Gasteiger partial charge on any atom is 0.416 e. The minimum atomic E-state index is -4.54. The van der Waals surface area contributed by atoms with Crippen LogP contribution in [0.1, 0.15) is 34.8 Å². The highest BCUT2D eigenvalue weighted by Crippen LogP contribution is 2.39. The second kappa shape index (κ2) is 16.6. The SMILES string of the molecule is CCC(Sc1cccc(NC(=O)/C(=C\c2cc(OC)c(OC)c(OC)c2)NC(=O)c2ccccc2)c1)C(=O)Nc1cccc(C(F)(F)F)c1. The van der Waals surface area contributed by atoms with E-state index >= 15 is 0 Å². The predicted octanol–water partition coefficient (Wildman–Crippen LogP) is 7.65. The van der Waals surface area contributed by atoms with Crippen LogP contribution in [0.15, 0.2) is 102 Å². The molecule has 0 aliphatic rings. The third-order valence-electron chi connectivity index (χ3n) is 7.02. The molecule has 0 bridgehead atoms. The van der Waals surface area contributed by atoms with Gasteiger partial charge in [-0.05, 0) is 78.7 Å². The Labute approximate surface area is 285 Å². The van der Waals surface area contributed by atoms with Crippen molar-refractivity contribution in [3.8, 4) is 17.2 Å². The van der Waals surface area contributed by atoms with Gasteiger partial charge in [-0.15, -0.1) is 11.8 Å². The Hall–Kier alpha value is -5.43. The van der Waals surface area contributed by atoms with E-state index in [9.17, 15) is 27.6 Å². The number of hydrogen-bond donors (Lipinski definition) is 3. The highest BCUT2D eigenvalue weighted by atomic mass is 32.2. The van der Waals surface area contributed by atoms with Crippen molar-refractivity contribution in [2.24, 2.45) is 0 Å². The number of carbonyl (C=O) groups is 3. The molecule has 3 N–H and O–H groups in total. The maximum atomic E-state index is 13.7. The summed E-state index contributed by atoms with van der Waals surface area (Å²) in [6.45, 7) is 1.78. The van der Waals surface area contributed by atoms with Crippen molar-refractivity contribution in [1.82, 2.24) is 5.32 Å². The summed E-state index contributed by atoms with van der Waals surface area (Å²) in [4.78, 5) is 40.5. The van der Waals surface area contributed by atoms with Gasteiger partial charge >= 0.3 is 6.18 Å². The monoisotopic (exact) mass is 693 g/mol. The predicted molar refractivity (Wildman–Crippen MR) is 183 cm³/mol. The van der Waals surface area contributed by atoms with E-state index < -0.39 is 34.7 Å². The van der Waals surface area contributed by atoms with Crippen LogP contribution in [0, 0.1) is 0 Å². The van der Waals surface area contributed by atoms with Crippen molar-refractivity contribution in [3.63, 3.8) is 0 Å². The molecule has 49 heavy (non-hydrogen) atoms. The van der Waals surface area contributed by atoms with Crippen LogP contribution in [-0.2, 0) is 15.8 Å². The van der Waals surface area contributed by atoms with E-state index in [0.29, 0.717) is 45.4 Å². The van der Waals surface area contributed by atoms with Crippen LogP contribution in [0.2, 0.25) is 0 Å². The molecule has 256 valence electrons. The fourth-order valence-corrected chi connectivity index (χ4v) is 5.64. The van der Waals surface area contributed by atoms with E-state index in [4.69, 9.17) is 14.2 Å². The second-order valence-corrected chi connectivity index (χ2v) is 11.7. The van der Waals surface area contributed by atoms with Gasteiger partial charge in [0.2, 0.25) is 11.7 Å². The molecule has 0 radical (unpaired) electrons. The fraction of sp³-hybridized carbons (Fsp3) is 0.194. The third kappa shape index (κ3) is 9.80. The summed E-state index contributed by atoms with van der Waals surface area (Å²) in [5, 5.41) is 7.38. The topological polar surface area (TPSA) is 115 Å².